The SMILES string of the molecule is O=C1CN(C(=O)OCc2ccccc2)CCN1CC1CC1. The molecule has 0 spiro atoms. The van der Waals surface area contributed by atoms with Crippen molar-refractivity contribution in [3.8, 4) is 0 Å². The third kappa shape index (κ3) is 3.74. The fourth-order valence-corrected chi connectivity index (χ4v) is 2.48. The van der Waals surface area contributed by atoms with Gasteiger partial charge in [0.15, 0.2) is 0 Å². The molecule has 0 unspecified atom stereocenters. The van der Waals surface area contributed by atoms with Crippen LogP contribution in [-0.2, 0) is 16.1 Å². The number of hydrogen-bond donors (Lipinski definition) is 0. The Kier molecular flexibility index (Phi) is 4.08. The number of hydrogen-bond acceptors (Lipinski definition) is 3. The molecule has 0 atom stereocenters. The molecule has 0 N–H and O–H groups in total. The number of rotatable bonds is 4. The average Bonchev–Trinajstić information content (AvgIpc) is 3.32. The van der Waals surface area contributed by atoms with Crippen LogP contribution in [0.25, 0.3) is 0 Å². The summed E-state index contributed by atoms with van der Waals surface area (Å²) in [5.41, 5.74) is 0.949. The molecule has 2 aliphatic rings. The van der Waals surface area contributed by atoms with E-state index in [-0.39, 0.29) is 19.1 Å². The Morgan fingerprint density at radius 1 is 1.19 bits per heavy atom. The summed E-state index contributed by atoms with van der Waals surface area (Å²) in [6.45, 7) is 2.42. The van der Waals surface area contributed by atoms with Crippen molar-refractivity contribution in [3.63, 3.8) is 0 Å². The summed E-state index contributed by atoms with van der Waals surface area (Å²) in [4.78, 5) is 27.4. The predicted molar refractivity (Wildman–Crippen MR) is 77.5 cm³/mol. The van der Waals surface area contributed by atoms with E-state index in [0.29, 0.717) is 19.0 Å². The molecule has 21 heavy (non-hydrogen) atoms. The maximum atomic E-state index is 12.0. The molecule has 112 valence electrons. The lowest BCUT2D eigenvalue weighted by molar-refractivity contribution is -0.135. The maximum Gasteiger partial charge on any atom is 0.410 e. The van der Waals surface area contributed by atoms with Crippen LogP contribution in [0.4, 0.5) is 4.79 Å². The molecular formula is C16H20N2O3. The molecule has 2 fully saturated rings. The standard InChI is InChI=1S/C16H20N2O3/c19-15-11-18(9-8-17(15)10-13-6-7-13)16(20)21-12-14-4-2-1-3-5-14/h1-5,13H,6-12H2. The van der Waals surface area contributed by atoms with Gasteiger partial charge in [-0.3, -0.25) is 9.69 Å². The van der Waals surface area contributed by atoms with Crippen LogP contribution >= 0.6 is 0 Å². The lowest BCUT2D eigenvalue weighted by Crippen LogP contribution is -2.52. The predicted octanol–water partition coefficient (Wildman–Crippen LogP) is 1.88. The van der Waals surface area contributed by atoms with E-state index in [1.165, 1.54) is 17.7 Å². The van der Waals surface area contributed by atoms with Gasteiger partial charge >= 0.3 is 6.09 Å². The van der Waals surface area contributed by atoms with Crippen molar-refractivity contribution in [2.24, 2.45) is 5.92 Å². The van der Waals surface area contributed by atoms with Crippen LogP contribution in [0.2, 0.25) is 0 Å². The Labute approximate surface area is 124 Å². The number of carbonyl (C=O) groups excluding carboxylic acids is 2. The van der Waals surface area contributed by atoms with Crippen molar-refractivity contribution in [1.82, 2.24) is 9.80 Å². The second-order valence-electron chi connectivity index (χ2n) is 5.74. The van der Waals surface area contributed by atoms with Crippen molar-refractivity contribution in [2.45, 2.75) is 19.4 Å². The first-order valence-corrected chi connectivity index (χ1v) is 7.46. The third-order valence-corrected chi connectivity index (χ3v) is 3.96. The third-order valence-electron chi connectivity index (χ3n) is 3.96. The van der Waals surface area contributed by atoms with Crippen LogP contribution in [-0.4, -0.2) is 48.0 Å². The molecule has 1 heterocycles. The summed E-state index contributed by atoms with van der Waals surface area (Å²) in [6, 6.07) is 9.55. The summed E-state index contributed by atoms with van der Waals surface area (Å²) in [5, 5.41) is 0. The lowest BCUT2D eigenvalue weighted by atomic mass is 10.2. The monoisotopic (exact) mass is 288 g/mol. The Balaban J connectivity index is 1.46. The molecule has 5 heteroatoms. The number of benzene rings is 1. The minimum atomic E-state index is -0.404. The Bertz CT molecular complexity index is 514. The van der Waals surface area contributed by atoms with Crippen LogP contribution in [0.1, 0.15) is 18.4 Å². The van der Waals surface area contributed by atoms with E-state index >= 15 is 0 Å². The van der Waals surface area contributed by atoms with Crippen molar-refractivity contribution < 1.29 is 14.3 Å². The van der Waals surface area contributed by atoms with Gasteiger partial charge in [-0.15, -0.1) is 0 Å². The van der Waals surface area contributed by atoms with Gasteiger partial charge in [0, 0.05) is 19.6 Å². The minimum Gasteiger partial charge on any atom is -0.445 e. The van der Waals surface area contributed by atoms with Crippen LogP contribution < -0.4 is 0 Å². The number of nitrogens with zero attached hydrogens (tertiary/aromatic N) is 2. The molecule has 1 aliphatic heterocycles. The Hall–Kier alpha value is -2.04. The molecule has 3 rings (SSSR count). The fraction of sp³-hybridized carbons (Fsp3) is 0.500. The maximum absolute atomic E-state index is 12.0. The smallest absolute Gasteiger partial charge is 0.410 e. The van der Waals surface area contributed by atoms with Gasteiger partial charge in [-0.25, -0.2) is 4.79 Å². The summed E-state index contributed by atoms with van der Waals surface area (Å²) < 4.78 is 5.26. The first-order chi connectivity index (χ1) is 10.2. The molecular weight excluding hydrogens is 268 g/mol. The lowest BCUT2D eigenvalue weighted by Gasteiger charge is -2.33. The molecule has 1 aromatic rings. The van der Waals surface area contributed by atoms with E-state index < -0.39 is 6.09 Å². The molecule has 1 aromatic carbocycles. The van der Waals surface area contributed by atoms with Crippen molar-refractivity contribution >= 4 is 12.0 Å². The average molecular weight is 288 g/mol. The van der Waals surface area contributed by atoms with E-state index in [0.717, 1.165) is 12.1 Å². The molecule has 1 saturated carbocycles. The zero-order valence-electron chi connectivity index (χ0n) is 12.0. The van der Waals surface area contributed by atoms with E-state index in [9.17, 15) is 9.59 Å². The van der Waals surface area contributed by atoms with Crippen molar-refractivity contribution in [3.05, 3.63) is 35.9 Å². The van der Waals surface area contributed by atoms with E-state index in [2.05, 4.69) is 0 Å². The second-order valence-corrected chi connectivity index (χ2v) is 5.74. The number of amides is 2. The molecule has 0 bridgehead atoms. The van der Waals surface area contributed by atoms with Crippen molar-refractivity contribution in [1.29, 1.82) is 0 Å². The zero-order chi connectivity index (χ0) is 14.7. The van der Waals surface area contributed by atoms with Crippen LogP contribution in [0.15, 0.2) is 30.3 Å². The topological polar surface area (TPSA) is 49.9 Å². The van der Waals surface area contributed by atoms with Gasteiger partial charge in [0.05, 0.1) is 0 Å². The molecule has 1 saturated heterocycles. The fourth-order valence-electron chi connectivity index (χ4n) is 2.48. The van der Waals surface area contributed by atoms with Crippen LogP contribution in [0.5, 0.6) is 0 Å². The summed E-state index contributed by atoms with van der Waals surface area (Å²) in [5.74, 6) is 0.718. The van der Waals surface area contributed by atoms with Gasteiger partial charge in [0.25, 0.3) is 0 Å². The number of ether oxygens (including phenoxy) is 1. The zero-order valence-corrected chi connectivity index (χ0v) is 12.0. The van der Waals surface area contributed by atoms with Crippen LogP contribution in [0, 0.1) is 5.92 Å². The van der Waals surface area contributed by atoms with Gasteiger partial charge in [0.1, 0.15) is 13.2 Å². The van der Waals surface area contributed by atoms with Gasteiger partial charge in [0.2, 0.25) is 5.91 Å². The molecule has 0 aromatic heterocycles. The molecule has 0 radical (unpaired) electrons. The largest absolute Gasteiger partial charge is 0.445 e. The molecule has 1 aliphatic carbocycles. The first-order valence-electron chi connectivity index (χ1n) is 7.46. The summed E-state index contributed by atoms with van der Waals surface area (Å²) >= 11 is 0. The number of carbonyl (C=O) groups is 2. The van der Waals surface area contributed by atoms with Gasteiger partial charge in [-0.1, -0.05) is 30.3 Å². The van der Waals surface area contributed by atoms with Crippen molar-refractivity contribution in [2.75, 3.05) is 26.2 Å². The molecule has 5 nitrogen and oxygen atoms in total. The highest BCUT2D eigenvalue weighted by Gasteiger charge is 2.32. The highest BCUT2D eigenvalue weighted by atomic mass is 16.6. The summed E-state index contributed by atoms with van der Waals surface area (Å²) in [7, 11) is 0. The van der Waals surface area contributed by atoms with Gasteiger partial charge in [-0.2, -0.15) is 0 Å². The highest BCUT2D eigenvalue weighted by Crippen LogP contribution is 2.30. The van der Waals surface area contributed by atoms with Gasteiger partial charge in [-0.05, 0) is 24.3 Å². The highest BCUT2D eigenvalue weighted by molar-refractivity contribution is 5.83. The Morgan fingerprint density at radius 2 is 1.95 bits per heavy atom. The molecule has 2 amide bonds. The van der Waals surface area contributed by atoms with Gasteiger partial charge < -0.3 is 9.64 Å². The summed E-state index contributed by atoms with van der Waals surface area (Å²) in [6.07, 6.45) is 2.05. The first kappa shape index (κ1) is 13.9. The van der Waals surface area contributed by atoms with E-state index in [1.54, 1.807) is 0 Å². The normalized spacial score (nSPS) is 18.8. The quantitative estimate of drug-likeness (QED) is 0.850. The minimum absolute atomic E-state index is 0.0322. The van der Waals surface area contributed by atoms with E-state index in [4.69, 9.17) is 4.74 Å². The Morgan fingerprint density at radius 3 is 2.62 bits per heavy atom. The second kappa shape index (κ2) is 6.16. The van der Waals surface area contributed by atoms with Crippen LogP contribution in [0.3, 0.4) is 0 Å². The van der Waals surface area contributed by atoms with E-state index in [1.807, 2.05) is 35.2 Å². The number of piperazine rings is 1.